The number of carboxylic acid groups (broad SMARTS) is 1. The number of carbonyl (C=O) groups excluding carboxylic acids is 1. The maximum atomic E-state index is 11.5. The van der Waals surface area contributed by atoms with Gasteiger partial charge in [-0.15, -0.1) is 0 Å². The van der Waals surface area contributed by atoms with Crippen molar-refractivity contribution in [2.24, 2.45) is 0 Å². The van der Waals surface area contributed by atoms with Crippen LogP contribution in [0, 0.1) is 0 Å². The summed E-state index contributed by atoms with van der Waals surface area (Å²) in [5.74, 6) is -1.35. The second-order valence-corrected chi connectivity index (χ2v) is 10.1. The van der Waals surface area contributed by atoms with Crippen molar-refractivity contribution in [1.29, 1.82) is 0 Å². The summed E-state index contributed by atoms with van der Waals surface area (Å²) >= 11 is 11.9. The molecule has 6 rings (SSSR count). The molecule has 0 saturated heterocycles. The van der Waals surface area contributed by atoms with Crippen LogP contribution in [0.1, 0.15) is 43.5 Å². The van der Waals surface area contributed by atoms with Crippen LogP contribution in [0.5, 0.6) is 0 Å². The number of carbonyl (C=O) groups is 2. The van der Waals surface area contributed by atoms with E-state index in [1.807, 2.05) is 24.3 Å². The Bertz CT molecular complexity index is 1980. The largest absolute Gasteiger partial charge is 1.00 e. The van der Waals surface area contributed by atoms with Crippen LogP contribution in [0.15, 0.2) is 85.7 Å². The molecule has 6 aromatic rings. The van der Waals surface area contributed by atoms with E-state index in [1.54, 1.807) is 49.2 Å². The SMILES string of the molecule is COC(=O)c1ccnc(Cc2cc3cc(Cl)cnc3cn2)c1.O=C(O)c1ccnc(Cc2cc3cc(Cl)cnc3cn2)c1.[Li+].[OH-].[OH-]. The molecule has 230 valence electrons. The number of methoxy groups -OCH3 is 1. The normalized spacial score (nSPS) is 9.98. The van der Waals surface area contributed by atoms with Crippen LogP contribution >= 0.6 is 23.2 Å². The zero-order valence-corrected chi connectivity index (χ0v) is 26.0. The van der Waals surface area contributed by atoms with E-state index in [1.165, 1.54) is 19.4 Å². The first kappa shape index (κ1) is 37.6. The minimum Gasteiger partial charge on any atom is -0.870 e. The Morgan fingerprint density at radius 2 is 1.09 bits per heavy atom. The van der Waals surface area contributed by atoms with Crippen LogP contribution in [-0.4, -0.2) is 65.0 Å². The molecule has 0 amide bonds. The number of halogens is 2. The van der Waals surface area contributed by atoms with Gasteiger partial charge in [0.1, 0.15) is 0 Å². The summed E-state index contributed by atoms with van der Waals surface area (Å²) in [7, 11) is 1.35. The number of aromatic nitrogens is 6. The maximum absolute atomic E-state index is 11.5. The topological polar surface area (TPSA) is 201 Å². The summed E-state index contributed by atoms with van der Waals surface area (Å²) in [6.45, 7) is 0. The zero-order chi connectivity index (χ0) is 30.3. The fraction of sp³-hybridized carbons (Fsp3) is 0.0968. The third-order valence-electron chi connectivity index (χ3n) is 6.21. The molecule has 3 N–H and O–H groups in total. The van der Waals surface area contributed by atoms with Crippen molar-refractivity contribution in [3.05, 3.63) is 130 Å². The maximum Gasteiger partial charge on any atom is 1.00 e. The third kappa shape index (κ3) is 9.73. The van der Waals surface area contributed by atoms with Gasteiger partial charge in [0, 0.05) is 71.2 Å². The molecular formula is C31H24Cl2LiN6O6-. The molecule has 0 fully saturated rings. The van der Waals surface area contributed by atoms with E-state index < -0.39 is 5.97 Å². The minimum absolute atomic E-state index is 0. The number of esters is 1. The van der Waals surface area contributed by atoms with E-state index in [0.717, 1.165) is 38.9 Å². The second-order valence-electron chi connectivity index (χ2n) is 9.27. The fourth-order valence-corrected chi connectivity index (χ4v) is 4.52. The average molecular weight is 654 g/mol. The van der Waals surface area contributed by atoms with Gasteiger partial charge >= 0.3 is 30.8 Å². The van der Waals surface area contributed by atoms with Crippen LogP contribution in [0.3, 0.4) is 0 Å². The average Bonchev–Trinajstić information content (AvgIpc) is 3.01. The smallest absolute Gasteiger partial charge is 0.870 e. The van der Waals surface area contributed by atoms with Gasteiger partial charge in [-0.05, 0) is 48.5 Å². The number of aromatic carboxylic acids is 1. The van der Waals surface area contributed by atoms with Crippen LogP contribution in [0.25, 0.3) is 21.8 Å². The summed E-state index contributed by atoms with van der Waals surface area (Å²) in [5.41, 5.74) is 5.22. The van der Waals surface area contributed by atoms with Crippen LogP contribution in [0.4, 0.5) is 0 Å². The summed E-state index contributed by atoms with van der Waals surface area (Å²) in [6, 6.07) is 13.8. The molecule has 0 bridgehead atoms. The number of hydrogen-bond donors (Lipinski definition) is 1. The molecule has 0 radical (unpaired) electrons. The van der Waals surface area contributed by atoms with E-state index in [0.29, 0.717) is 34.1 Å². The van der Waals surface area contributed by atoms with E-state index in [4.69, 9.17) is 33.0 Å². The number of nitrogens with zero attached hydrogens (tertiary/aromatic N) is 6. The first-order valence-electron chi connectivity index (χ1n) is 12.8. The van der Waals surface area contributed by atoms with Gasteiger partial charge in [-0.2, -0.15) is 0 Å². The molecule has 6 aromatic heterocycles. The second kappa shape index (κ2) is 17.2. The predicted octanol–water partition coefficient (Wildman–Crippen LogP) is 2.67. The first-order valence-corrected chi connectivity index (χ1v) is 13.5. The number of pyridine rings is 6. The Kier molecular flexibility index (Phi) is 14.1. The predicted molar refractivity (Wildman–Crippen MR) is 165 cm³/mol. The minimum atomic E-state index is -0.971. The molecule has 46 heavy (non-hydrogen) atoms. The summed E-state index contributed by atoms with van der Waals surface area (Å²) < 4.78 is 4.71. The van der Waals surface area contributed by atoms with E-state index in [2.05, 4.69) is 29.9 Å². The Morgan fingerprint density at radius 1 is 0.652 bits per heavy atom. The zero-order valence-electron chi connectivity index (χ0n) is 24.5. The van der Waals surface area contributed by atoms with Crippen LogP contribution in [0.2, 0.25) is 10.0 Å². The molecule has 0 aliphatic carbocycles. The summed E-state index contributed by atoms with van der Waals surface area (Å²) in [4.78, 5) is 48.0. The number of carboxylic acids is 1. The van der Waals surface area contributed by atoms with Crippen molar-refractivity contribution in [3.8, 4) is 0 Å². The molecule has 0 atom stereocenters. The Balaban J connectivity index is 0.000000301. The molecule has 0 saturated carbocycles. The molecule has 6 heterocycles. The molecule has 0 unspecified atom stereocenters. The van der Waals surface area contributed by atoms with Crippen molar-refractivity contribution < 1.29 is 49.2 Å². The standard InChI is InChI=1S/C16H12ClN3O2.C15H10ClN3O2.Li.2H2O/c1-22-16(21)10-2-3-18-13(5-10)7-14-6-11-4-12(17)8-20-15(11)9-19-14;16-11-3-10-5-13(18-8-14(10)19-7-11)6-12-4-9(15(20)21)1-2-17-12;;;/h2-6,8-9H,7H2,1H3;1-5,7-8H,6H2,(H,20,21);;2*1H2/q;;+1;;/p-2. The monoisotopic (exact) mass is 653 g/mol. The number of rotatable bonds is 6. The van der Waals surface area contributed by atoms with Crippen LogP contribution < -0.4 is 18.9 Å². The van der Waals surface area contributed by atoms with Crippen molar-refractivity contribution in [1.82, 2.24) is 29.9 Å². The van der Waals surface area contributed by atoms with Gasteiger partial charge in [0.05, 0.1) is 51.7 Å². The molecule has 0 spiro atoms. The molecule has 0 aliphatic rings. The van der Waals surface area contributed by atoms with Crippen LogP contribution in [-0.2, 0) is 17.6 Å². The van der Waals surface area contributed by atoms with Crippen molar-refractivity contribution in [2.75, 3.05) is 7.11 Å². The van der Waals surface area contributed by atoms with Gasteiger partial charge in [-0.1, -0.05) is 23.2 Å². The van der Waals surface area contributed by atoms with Crippen molar-refractivity contribution in [3.63, 3.8) is 0 Å². The third-order valence-corrected chi connectivity index (χ3v) is 6.62. The molecule has 12 nitrogen and oxygen atoms in total. The molecular weight excluding hydrogens is 630 g/mol. The number of ether oxygens (including phenoxy) is 1. The van der Waals surface area contributed by atoms with E-state index in [-0.39, 0.29) is 41.3 Å². The number of hydrogen-bond acceptors (Lipinski definition) is 11. The van der Waals surface area contributed by atoms with Gasteiger partial charge in [0.2, 0.25) is 0 Å². The quantitative estimate of drug-likeness (QED) is 0.204. The Labute approximate surface area is 284 Å². The Hall–Kier alpha value is -4.54. The van der Waals surface area contributed by atoms with Gasteiger partial charge < -0.3 is 20.8 Å². The molecule has 0 aromatic carbocycles. The van der Waals surface area contributed by atoms with Gasteiger partial charge in [-0.3, -0.25) is 29.9 Å². The van der Waals surface area contributed by atoms with Crippen molar-refractivity contribution in [2.45, 2.75) is 12.8 Å². The first-order chi connectivity index (χ1) is 20.8. The fourth-order valence-electron chi connectivity index (χ4n) is 4.19. The number of fused-ring (bicyclic) bond motifs is 2. The molecule has 0 aliphatic heterocycles. The van der Waals surface area contributed by atoms with Gasteiger partial charge in [0.25, 0.3) is 0 Å². The van der Waals surface area contributed by atoms with Crippen molar-refractivity contribution >= 4 is 56.9 Å². The van der Waals surface area contributed by atoms with Gasteiger partial charge in [-0.25, -0.2) is 9.59 Å². The van der Waals surface area contributed by atoms with Gasteiger partial charge in [0.15, 0.2) is 0 Å². The van der Waals surface area contributed by atoms with E-state index in [9.17, 15) is 9.59 Å². The Morgan fingerprint density at radius 3 is 1.54 bits per heavy atom. The molecule has 15 heteroatoms. The summed E-state index contributed by atoms with van der Waals surface area (Å²) in [5, 5.41) is 11.9. The summed E-state index contributed by atoms with van der Waals surface area (Å²) in [6.07, 6.45) is 10.6. The van der Waals surface area contributed by atoms with E-state index >= 15 is 0 Å².